The van der Waals surface area contributed by atoms with Crippen LogP contribution in [-0.2, 0) is 9.59 Å². The van der Waals surface area contributed by atoms with Crippen LogP contribution in [0.5, 0.6) is 5.75 Å². The molecule has 36 heavy (non-hydrogen) atoms. The maximum absolute atomic E-state index is 13.0. The van der Waals surface area contributed by atoms with Gasteiger partial charge in [-0.25, -0.2) is 4.90 Å². The molecule has 0 aliphatic carbocycles. The highest BCUT2D eigenvalue weighted by Crippen LogP contribution is 2.35. The first-order chi connectivity index (χ1) is 17.2. The number of halogens is 1. The van der Waals surface area contributed by atoms with Crippen LogP contribution in [0, 0.1) is 16.0 Å². The van der Waals surface area contributed by atoms with Crippen molar-refractivity contribution in [3.8, 4) is 5.75 Å². The van der Waals surface area contributed by atoms with Gasteiger partial charge in [0.1, 0.15) is 11.3 Å². The van der Waals surface area contributed by atoms with E-state index in [1.165, 1.54) is 41.3 Å². The highest BCUT2D eigenvalue weighted by atomic mass is 79.9. The van der Waals surface area contributed by atoms with Gasteiger partial charge in [0.2, 0.25) is 5.91 Å². The maximum Gasteiger partial charge on any atom is 0.316 e. The quantitative estimate of drug-likeness (QED) is 0.154. The number of hydrogen-bond donors (Lipinski definition) is 0. The Kier molecular flexibility index (Phi) is 5.84. The lowest BCUT2D eigenvalue weighted by molar-refractivity contribution is -0.385. The Hall–Kier alpha value is -4.38. The Labute approximate surface area is 212 Å². The number of fused-ring (bicyclic) bond motifs is 1. The predicted octanol–water partition coefficient (Wildman–Crippen LogP) is 4.12. The Morgan fingerprint density at radius 2 is 1.69 bits per heavy atom. The van der Waals surface area contributed by atoms with Crippen molar-refractivity contribution >= 4 is 56.7 Å². The Morgan fingerprint density at radius 1 is 0.972 bits per heavy atom. The highest BCUT2D eigenvalue weighted by molar-refractivity contribution is 9.10. The number of esters is 1. The largest absolute Gasteiger partial charge is 0.426 e. The molecule has 1 fully saturated rings. The zero-order chi connectivity index (χ0) is 25.6. The second kappa shape index (κ2) is 9.00. The van der Waals surface area contributed by atoms with Crippen molar-refractivity contribution in [1.29, 1.82) is 0 Å². The van der Waals surface area contributed by atoms with Crippen LogP contribution in [0.4, 0.5) is 17.1 Å². The summed E-state index contributed by atoms with van der Waals surface area (Å²) in [4.78, 5) is 64.1. The molecule has 5 rings (SSSR count). The molecule has 180 valence electrons. The number of carbonyl (C=O) groups is 4. The molecule has 3 aromatic rings. The minimum absolute atomic E-state index is 0.0172. The van der Waals surface area contributed by atoms with E-state index in [1.807, 2.05) is 0 Å². The third-order valence-electron chi connectivity index (χ3n) is 5.98. The second-order valence-corrected chi connectivity index (χ2v) is 9.12. The van der Waals surface area contributed by atoms with Gasteiger partial charge in [-0.15, -0.1) is 0 Å². The van der Waals surface area contributed by atoms with E-state index in [0.717, 1.165) is 15.4 Å². The molecular weight excluding hydrogens is 534 g/mol. The number of imide groups is 1. The molecule has 1 atom stereocenters. The Balaban J connectivity index is 1.34. The fourth-order valence-corrected chi connectivity index (χ4v) is 4.54. The summed E-state index contributed by atoms with van der Waals surface area (Å²) in [5.74, 6) is -3.02. The second-order valence-electron chi connectivity index (χ2n) is 8.20. The van der Waals surface area contributed by atoms with Crippen LogP contribution in [0.15, 0.2) is 71.2 Å². The van der Waals surface area contributed by atoms with Crippen LogP contribution in [0.1, 0.15) is 27.1 Å². The topological polar surface area (TPSA) is 127 Å². The normalized spacial score (nSPS) is 16.9. The monoisotopic (exact) mass is 549 g/mol. The van der Waals surface area contributed by atoms with Gasteiger partial charge in [0.25, 0.3) is 17.5 Å². The van der Waals surface area contributed by atoms with E-state index in [1.54, 1.807) is 24.3 Å². The molecule has 2 aliphatic rings. The fourth-order valence-electron chi connectivity index (χ4n) is 4.28. The average Bonchev–Trinajstić information content (AvgIpc) is 3.37. The van der Waals surface area contributed by atoms with Crippen LogP contribution in [0.2, 0.25) is 0 Å². The fraction of sp³-hybridized carbons (Fsp3) is 0.120. The Bertz CT molecular complexity index is 1450. The lowest BCUT2D eigenvalue weighted by atomic mass is 10.1. The smallest absolute Gasteiger partial charge is 0.316 e. The number of nitrogens with zero attached hydrogens (tertiary/aromatic N) is 3. The summed E-state index contributed by atoms with van der Waals surface area (Å²) in [7, 11) is 0. The molecule has 0 radical (unpaired) electrons. The molecule has 2 heterocycles. The number of ether oxygens (including phenoxy) is 1. The summed E-state index contributed by atoms with van der Waals surface area (Å²) in [5, 5.41) is 11.3. The average molecular weight is 550 g/mol. The molecule has 0 N–H and O–H groups in total. The molecule has 2 aliphatic heterocycles. The molecular formula is C25H16BrN3O7. The van der Waals surface area contributed by atoms with E-state index in [0.29, 0.717) is 5.69 Å². The number of carbonyl (C=O) groups excluding carboxylic acids is 4. The molecule has 0 unspecified atom stereocenters. The maximum atomic E-state index is 13.0. The molecule has 10 nitrogen and oxygen atoms in total. The standard InChI is InChI=1S/C25H16BrN3O7/c26-15-7-9-16(10-8-15)27-13-14(11-21(27)30)25(33)36-18-4-1-3-17(12-18)28-23(31)19-5-2-6-20(29(34)35)22(19)24(28)32/h1-10,12,14H,11,13H2/t14-/m0/s1. The van der Waals surface area contributed by atoms with Crippen LogP contribution >= 0.6 is 15.9 Å². The van der Waals surface area contributed by atoms with Gasteiger partial charge < -0.3 is 9.64 Å². The lowest BCUT2D eigenvalue weighted by Crippen LogP contribution is -2.29. The highest BCUT2D eigenvalue weighted by Gasteiger charge is 2.42. The lowest BCUT2D eigenvalue weighted by Gasteiger charge is -2.17. The third-order valence-corrected chi connectivity index (χ3v) is 6.51. The van der Waals surface area contributed by atoms with Gasteiger partial charge in [0.05, 0.1) is 22.1 Å². The van der Waals surface area contributed by atoms with E-state index in [9.17, 15) is 29.3 Å². The molecule has 3 aromatic carbocycles. The molecule has 3 amide bonds. The van der Waals surface area contributed by atoms with Gasteiger partial charge in [0.15, 0.2) is 0 Å². The predicted molar refractivity (Wildman–Crippen MR) is 131 cm³/mol. The number of benzene rings is 3. The molecule has 0 spiro atoms. The van der Waals surface area contributed by atoms with Crippen molar-refractivity contribution in [2.45, 2.75) is 6.42 Å². The summed E-state index contributed by atoms with van der Waals surface area (Å²) in [5.41, 5.74) is -0.0568. The summed E-state index contributed by atoms with van der Waals surface area (Å²) < 4.78 is 6.34. The summed E-state index contributed by atoms with van der Waals surface area (Å²) in [6.07, 6.45) is -0.0172. The number of nitro groups is 1. The number of amides is 3. The van der Waals surface area contributed by atoms with E-state index >= 15 is 0 Å². The van der Waals surface area contributed by atoms with Gasteiger partial charge in [0, 0.05) is 35.3 Å². The first-order valence-corrected chi connectivity index (χ1v) is 11.6. The van der Waals surface area contributed by atoms with Crippen LogP contribution < -0.4 is 14.5 Å². The number of nitro benzene ring substituents is 1. The molecule has 0 bridgehead atoms. The minimum Gasteiger partial charge on any atom is -0.426 e. The first-order valence-electron chi connectivity index (χ1n) is 10.8. The van der Waals surface area contributed by atoms with Crippen molar-refractivity contribution in [3.63, 3.8) is 0 Å². The molecule has 11 heteroatoms. The first kappa shape index (κ1) is 23.4. The van der Waals surface area contributed by atoms with Crippen LogP contribution in [0.3, 0.4) is 0 Å². The van der Waals surface area contributed by atoms with Gasteiger partial charge in [-0.2, -0.15) is 0 Å². The van der Waals surface area contributed by atoms with Gasteiger partial charge >= 0.3 is 5.97 Å². The van der Waals surface area contributed by atoms with Crippen molar-refractivity contribution in [1.82, 2.24) is 0 Å². The van der Waals surface area contributed by atoms with Gasteiger partial charge in [-0.3, -0.25) is 29.3 Å². The van der Waals surface area contributed by atoms with E-state index < -0.39 is 34.3 Å². The summed E-state index contributed by atoms with van der Waals surface area (Å²) in [6, 6.07) is 16.7. The third kappa shape index (κ3) is 4.03. The molecule has 0 saturated carbocycles. The summed E-state index contributed by atoms with van der Waals surface area (Å²) >= 11 is 3.34. The molecule has 1 saturated heterocycles. The van der Waals surface area contributed by atoms with Crippen molar-refractivity contribution in [2.75, 3.05) is 16.3 Å². The van der Waals surface area contributed by atoms with Crippen molar-refractivity contribution in [3.05, 3.63) is 92.4 Å². The SMILES string of the molecule is O=C(Oc1cccc(N2C(=O)c3cccc([N+](=O)[O-])c3C2=O)c1)[C@H]1CC(=O)N(c2ccc(Br)cc2)C1. The van der Waals surface area contributed by atoms with Crippen molar-refractivity contribution < 1.29 is 28.8 Å². The number of hydrogen-bond acceptors (Lipinski definition) is 7. The van der Waals surface area contributed by atoms with Gasteiger partial charge in [-0.05, 0) is 42.5 Å². The number of anilines is 2. The van der Waals surface area contributed by atoms with E-state index in [-0.39, 0.29) is 41.4 Å². The Morgan fingerprint density at radius 3 is 2.42 bits per heavy atom. The summed E-state index contributed by atoms with van der Waals surface area (Å²) in [6.45, 7) is 0.154. The van der Waals surface area contributed by atoms with Crippen LogP contribution in [0.25, 0.3) is 0 Å². The molecule has 0 aromatic heterocycles. The zero-order valence-electron chi connectivity index (χ0n) is 18.4. The van der Waals surface area contributed by atoms with E-state index in [2.05, 4.69) is 15.9 Å². The van der Waals surface area contributed by atoms with Crippen LogP contribution in [-0.4, -0.2) is 35.2 Å². The van der Waals surface area contributed by atoms with E-state index in [4.69, 9.17) is 4.74 Å². The van der Waals surface area contributed by atoms with Crippen molar-refractivity contribution in [2.24, 2.45) is 5.92 Å². The van der Waals surface area contributed by atoms with Gasteiger partial charge in [-0.1, -0.05) is 28.1 Å². The number of rotatable bonds is 5. The minimum atomic E-state index is -0.836. The zero-order valence-corrected chi connectivity index (χ0v) is 20.0.